The van der Waals surface area contributed by atoms with Gasteiger partial charge in [0, 0.05) is 12.1 Å². The van der Waals surface area contributed by atoms with Crippen LogP contribution in [0.1, 0.15) is 48.6 Å². The first-order valence-electron chi connectivity index (χ1n) is 8.60. The second-order valence-corrected chi connectivity index (χ2v) is 6.46. The van der Waals surface area contributed by atoms with E-state index in [1.807, 2.05) is 26.0 Å². The molecule has 1 aliphatic heterocycles. The average molecular weight is 365 g/mol. The quantitative estimate of drug-likeness (QED) is 0.447. The molecular weight excluding hydrogens is 346 g/mol. The highest BCUT2D eigenvalue weighted by atomic mass is 16.5. The van der Waals surface area contributed by atoms with E-state index in [4.69, 9.17) is 4.74 Å². The van der Waals surface area contributed by atoms with Crippen LogP contribution in [0.4, 0.5) is 0 Å². The van der Waals surface area contributed by atoms with Gasteiger partial charge in [-0.3, -0.25) is 24.1 Å². The number of carbonyl (C=O) groups is 4. The molecule has 2 aromatic carbocycles. The largest absolute Gasteiger partial charge is 0.457 e. The first-order valence-corrected chi connectivity index (χ1v) is 8.60. The van der Waals surface area contributed by atoms with Crippen LogP contribution in [0.3, 0.4) is 0 Å². The molecule has 0 aromatic heterocycles. The molecule has 0 saturated carbocycles. The molecule has 0 bridgehead atoms. The molecule has 1 aliphatic rings. The number of hydrogen-bond donors (Lipinski definition) is 0. The van der Waals surface area contributed by atoms with Crippen molar-refractivity contribution in [1.82, 2.24) is 4.90 Å². The van der Waals surface area contributed by atoms with Crippen molar-refractivity contribution < 1.29 is 23.9 Å². The van der Waals surface area contributed by atoms with Crippen LogP contribution >= 0.6 is 0 Å². The summed E-state index contributed by atoms with van der Waals surface area (Å²) < 4.78 is 5.02. The first-order chi connectivity index (χ1) is 12.9. The fourth-order valence-corrected chi connectivity index (χ4v) is 2.98. The molecule has 0 radical (unpaired) electrons. The van der Waals surface area contributed by atoms with Crippen LogP contribution in [-0.4, -0.2) is 41.6 Å². The van der Waals surface area contributed by atoms with Gasteiger partial charge in [0.05, 0.1) is 17.5 Å². The van der Waals surface area contributed by atoms with Crippen molar-refractivity contribution in [1.29, 1.82) is 0 Å². The van der Waals surface area contributed by atoms with E-state index in [0.29, 0.717) is 16.7 Å². The van der Waals surface area contributed by atoms with Crippen molar-refractivity contribution in [2.75, 3.05) is 13.2 Å². The lowest BCUT2D eigenvalue weighted by Gasteiger charge is -2.13. The normalized spacial score (nSPS) is 12.9. The molecular formula is C21H19NO5. The molecule has 0 atom stereocenters. The summed E-state index contributed by atoms with van der Waals surface area (Å²) in [7, 11) is 0. The molecule has 0 spiro atoms. The van der Waals surface area contributed by atoms with Gasteiger partial charge in [-0.25, -0.2) is 0 Å². The fourth-order valence-electron chi connectivity index (χ4n) is 2.98. The second kappa shape index (κ2) is 7.53. The molecule has 0 N–H and O–H groups in total. The van der Waals surface area contributed by atoms with E-state index in [9.17, 15) is 19.2 Å². The van der Waals surface area contributed by atoms with Crippen LogP contribution in [0.15, 0.2) is 42.5 Å². The number of amides is 2. The zero-order chi connectivity index (χ0) is 19.6. The lowest BCUT2D eigenvalue weighted by molar-refractivity contribution is -0.142. The highest BCUT2D eigenvalue weighted by Gasteiger charge is 2.35. The molecule has 0 fully saturated rings. The van der Waals surface area contributed by atoms with E-state index in [1.54, 1.807) is 30.3 Å². The molecule has 0 saturated heterocycles. The molecule has 6 heteroatoms. The van der Waals surface area contributed by atoms with E-state index in [-0.39, 0.29) is 25.4 Å². The summed E-state index contributed by atoms with van der Waals surface area (Å²) in [6.07, 6.45) is -0.161. The SMILES string of the molecule is Cc1ccc(C)c(C(=O)COC(=O)CCN2C(=O)c3ccccc3C2=O)c1. The van der Waals surface area contributed by atoms with Crippen molar-refractivity contribution in [3.63, 3.8) is 0 Å². The van der Waals surface area contributed by atoms with Crippen molar-refractivity contribution in [2.24, 2.45) is 0 Å². The van der Waals surface area contributed by atoms with Gasteiger partial charge < -0.3 is 4.74 Å². The molecule has 138 valence electrons. The number of fused-ring (bicyclic) bond motifs is 1. The Morgan fingerprint density at radius 2 is 1.59 bits per heavy atom. The number of ether oxygens (including phenoxy) is 1. The van der Waals surface area contributed by atoms with Gasteiger partial charge in [0.1, 0.15) is 0 Å². The predicted molar refractivity (Wildman–Crippen MR) is 97.6 cm³/mol. The number of nitrogens with zero attached hydrogens (tertiary/aromatic N) is 1. The van der Waals surface area contributed by atoms with Crippen LogP contribution < -0.4 is 0 Å². The Bertz CT molecular complexity index is 912. The Morgan fingerprint density at radius 1 is 0.963 bits per heavy atom. The van der Waals surface area contributed by atoms with Gasteiger partial charge in [-0.2, -0.15) is 0 Å². The topological polar surface area (TPSA) is 80.8 Å². The minimum atomic E-state index is -0.634. The summed E-state index contributed by atoms with van der Waals surface area (Å²) in [4.78, 5) is 49.7. The highest BCUT2D eigenvalue weighted by Crippen LogP contribution is 2.22. The van der Waals surface area contributed by atoms with Crippen LogP contribution in [0.5, 0.6) is 0 Å². The van der Waals surface area contributed by atoms with Crippen LogP contribution in [0.2, 0.25) is 0 Å². The summed E-state index contributed by atoms with van der Waals surface area (Å²) in [6.45, 7) is 3.25. The number of Topliss-reactive ketones (excluding diaryl/α,β-unsaturated/α-hetero) is 1. The minimum Gasteiger partial charge on any atom is -0.457 e. The van der Waals surface area contributed by atoms with E-state index in [2.05, 4.69) is 0 Å². The van der Waals surface area contributed by atoms with E-state index in [0.717, 1.165) is 16.0 Å². The van der Waals surface area contributed by atoms with E-state index >= 15 is 0 Å². The number of aryl methyl sites for hydroxylation is 2. The van der Waals surface area contributed by atoms with Crippen LogP contribution in [0.25, 0.3) is 0 Å². The van der Waals surface area contributed by atoms with Crippen molar-refractivity contribution in [3.8, 4) is 0 Å². The fraction of sp³-hybridized carbons (Fsp3) is 0.238. The van der Waals surface area contributed by atoms with Gasteiger partial charge in [0.15, 0.2) is 6.61 Å². The number of rotatable bonds is 6. The number of ketones is 1. The number of imide groups is 1. The third-order valence-corrected chi connectivity index (χ3v) is 4.48. The molecule has 0 unspecified atom stereocenters. The summed E-state index contributed by atoms with van der Waals surface area (Å²) in [5, 5.41) is 0. The van der Waals surface area contributed by atoms with Crippen molar-refractivity contribution >= 4 is 23.6 Å². The Hall–Kier alpha value is -3.28. The Balaban J connectivity index is 1.54. The lowest BCUT2D eigenvalue weighted by Crippen LogP contribution is -2.32. The van der Waals surface area contributed by atoms with Gasteiger partial charge in [0.2, 0.25) is 5.78 Å². The molecule has 0 aliphatic carbocycles. The Morgan fingerprint density at radius 3 is 2.22 bits per heavy atom. The van der Waals surface area contributed by atoms with Gasteiger partial charge in [0.25, 0.3) is 11.8 Å². The second-order valence-electron chi connectivity index (χ2n) is 6.46. The summed E-state index contributed by atoms with van der Waals surface area (Å²) >= 11 is 0. The summed E-state index contributed by atoms with van der Waals surface area (Å²) in [6, 6.07) is 12.0. The summed E-state index contributed by atoms with van der Waals surface area (Å²) in [5.41, 5.74) is 2.94. The number of benzene rings is 2. The minimum absolute atomic E-state index is 0.0805. The van der Waals surface area contributed by atoms with Gasteiger partial charge in [-0.1, -0.05) is 29.8 Å². The maximum absolute atomic E-state index is 12.2. The van der Waals surface area contributed by atoms with Crippen LogP contribution in [0, 0.1) is 13.8 Å². The zero-order valence-electron chi connectivity index (χ0n) is 15.2. The molecule has 6 nitrogen and oxygen atoms in total. The zero-order valence-corrected chi connectivity index (χ0v) is 15.2. The number of hydrogen-bond acceptors (Lipinski definition) is 5. The van der Waals surface area contributed by atoms with Gasteiger partial charge >= 0.3 is 5.97 Å². The van der Waals surface area contributed by atoms with Gasteiger partial charge in [-0.05, 0) is 37.6 Å². The van der Waals surface area contributed by atoms with Crippen LogP contribution in [-0.2, 0) is 9.53 Å². The number of esters is 1. The first kappa shape index (κ1) is 18.5. The number of carbonyl (C=O) groups excluding carboxylic acids is 4. The van der Waals surface area contributed by atoms with Gasteiger partial charge in [-0.15, -0.1) is 0 Å². The third kappa shape index (κ3) is 3.79. The molecule has 1 heterocycles. The summed E-state index contributed by atoms with van der Waals surface area (Å²) in [5.74, 6) is -1.76. The maximum atomic E-state index is 12.2. The van der Waals surface area contributed by atoms with E-state index in [1.165, 1.54) is 0 Å². The van der Waals surface area contributed by atoms with Crippen molar-refractivity contribution in [3.05, 3.63) is 70.3 Å². The molecule has 3 rings (SSSR count). The molecule has 2 amide bonds. The molecule has 27 heavy (non-hydrogen) atoms. The highest BCUT2D eigenvalue weighted by molar-refractivity contribution is 6.21. The maximum Gasteiger partial charge on any atom is 0.308 e. The van der Waals surface area contributed by atoms with E-state index < -0.39 is 17.8 Å². The predicted octanol–water partition coefficient (Wildman–Crippen LogP) is 2.72. The Labute approximate surface area is 156 Å². The molecule has 2 aromatic rings. The smallest absolute Gasteiger partial charge is 0.308 e. The lowest BCUT2D eigenvalue weighted by atomic mass is 10.0. The van der Waals surface area contributed by atoms with Crippen molar-refractivity contribution in [2.45, 2.75) is 20.3 Å². The Kier molecular flexibility index (Phi) is 5.16. The average Bonchev–Trinajstić information content (AvgIpc) is 2.91. The standard InChI is InChI=1S/C21H19NO5/c1-13-7-8-14(2)17(11-13)18(23)12-27-19(24)9-10-22-20(25)15-5-3-4-6-16(15)21(22)26/h3-8,11H,9-10,12H2,1-2H3. The monoisotopic (exact) mass is 365 g/mol. The third-order valence-electron chi connectivity index (χ3n) is 4.48.